The van der Waals surface area contributed by atoms with Gasteiger partial charge in [0.15, 0.2) is 0 Å². The van der Waals surface area contributed by atoms with Crippen LogP contribution < -0.4 is 16.0 Å². The Morgan fingerprint density at radius 1 is 0.958 bits per heavy atom. The van der Waals surface area contributed by atoms with Crippen molar-refractivity contribution in [2.45, 2.75) is 12.8 Å². The summed E-state index contributed by atoms with van der Waals surface area (Å²) in [5.41, 5.74) is 2.42. The van der Waals surface area contributed by atoms with Gasteiger partial charge in [0, 0.05) is 20.9 Å². The van der Waals surface area contributed by atoms with Gasteiger partial charge >= 0.3 is 0 Å². The van der Waals surface area contributed by atoms with E-state index in [1.807, 2.05) is 48.5 Å². The van der Waals surface area contributed by atoms with Gasteiger partial charge in [0.1, 0.15) is 0 Å². The molecule has 1 aliphatic carbocycles. The van der Waals surface area contributed by atoms with Crippen LogP contribution in [0.4, 0.5) is 17.1 Å². The summed E-state index contributed by atoms with van der Waals surface area (Å²) in [6, 6.07) is 15.0. The van der Waals surface area contributed by atoms with E-state index < -0.39 is 0 Å². The molecule has 5 nitrogen and oxygen atoms in total. The topological polar surface area (TPSA) is 70.2 Å². The molecule has 0 saturated heterocycles. The van der Waals surface area contributed by atoms with Crippen molar-refractivity contribution < 1.29 is 9.59 Å². The second kappa shape index (κ2) is 7.65. The summed E-state index contributed by atoms with van der Waals surface area (Å²) in [5.74, 6) is 0.171. The van der Waals surface area contributed by atoms with Crippen LogP contribution in [0.15, 0.2) is 48.5 Å². The predicted octanol–water partition coefficient (Wildman–Crippen LogP) is 3.69. The minimum Gasteiger partial charge on any atom is -0.376 e. The zero-order chi connectivity index (χ0) is 16.9. The lowest BCUT2D eigenvalue weighted by molar-refractivity contribution is -0.117. The minimum absolute atomic E-state index is 0.0903. The summed E-state index contributed by atoms with van der Waals surface area (Å²) in [5, 5.41) is 8.83. The van der Waals surface area contributed by atoms with Crippen molar-refractivity contribution in [3.05, 3.63) is 52.1 Å². The van der Waals surface area contributed by atoms with E-state index in [-0.39, 0.29) is 24.3 Å². The summed E-state index contributed by atoms with van der Waals surface area (Å²) in [6.45, 7) is 0.179. The van der Waals surface area contributed by atoms with Gasteiger partial charge < -0.3 is 16.0 Å². The van der Waals surface area contributed by atoms with Gasteiger partial charge in [-0.05, 0) is 71.8 Å². The van der Waals surface area contributed by atoms with E-state index in [1.165, 1.54) is 0 Å². The highest BCUT2D eigenvalue weighted by Gasteiger charge is 2.29. The van der Waals surface area contributed by atoms with Crippen molar-refractivity contribution in [3.63, 3.8) is 0 Å². The number of anilines is 3. The third-order valence-corrected chi connectivity index (χ3v) is 4.64. The van der Waals surface area contributed by atoms with E-state index in [9.17, 15) is 9.59 Å². The van der Waals surface area contributed by atoms with Gasteiger partial charge in [-0.25, -0.2) is 0 Å². The van der Waals surface area contributed by atoms with Crippen LogP contribution in [-0.4, -0.2) is 18.4 Å². The van der Waals surface area contributed by atoms with Gasteiger partial charge in [0.25, 0.3) is 0 Å². The maximum atomic E-state index is 12.0. The molecule has 0 aliphatic heterocycles. The van der Waals surface area contributed by atoms with Crippen molar-refractivity contribution >= 4 is 51.5 Å². The standard InChI is InChI=1S/C18H18IN3O2/c19-15-3-1-2-4-16(15)22-17(23)11-20-13-7-9-14(10-8-13)21-18(24)12-5-6-12/h1-4,7-10,12,20H,5-6,11H2,(H,21,24)(H,22,23). The van der Waals surface area contributed by atoms with E-state index in [1.54, 1.807) is 0 Å². The van der Waals surface area contributed by atoms with Crippen LogP contribution in [0, 0.1) is 9.49 Å². The van der Waals surface area contributed by atoms with Crippen LogP contribution >= 0.6 is 22.6 Å². The molecule has 3 rings (SSSR count). The molecule has 2 aromatic carbocycles. The first kappa shape index (κ1) is 16.8. The van der Waals surface area contributed by atoms with Crippen LogP contribution in [0.1, 0.15) is 12.8 Å². The molecule has 3 N–H and O–H groups in total. The summed E-state index contributed by atoms with van der Waals surface area (Å²) in [4.78, 5) is 23.7. The molecular formula is C18H18IN3O2. The molecule has 2 aromatic rings. The Balaban J connectivity index is 1.48. The molecule has 0 spiro atoms. The van der Waals surface area contributed by atoms with Gasteiger partial charge in [-0.1, -0.05) is 12.1 Å². The molecule has 0 atom stereocenters. The van der Waals surface area contributed by atoms with Gasteiger partial charge in [-0.3, -0.25) is 9.59 Å². The van der Waals surface area contributed by atoms with Crippen molar-refractivity contribution in [2.75, 3.05) is 22.5 Å². The van der Waals surface area contributed by atoms with Crippen LogP contribution in [0.2, 0.25) is 0 Å². The second-order valence-electron chi connectivity index (χ2n) is 5.72. The maximum absolute atomic E-state index is 12.0. The molecule has 2 amide bonds. The molecule has 6 heteroatoms. The maximum Gasteiger partial charge on any atom is 0.243 e. The molecule has 0 bridgehead atoms. The van der Waals surface area contributed by atoms with E-state index in [4.69, 9.17) is 0 Å². The zero-order valence-electron chi connectivity index (χ0n) is 13.0. The van der Waals surface area contributed by atoms with Gasteiger partial charge in [0.2, 0.25) is 11.8 Å². The molecule has 1 aliphatic rings. The predicted molar refractivity (Wildman–Crippen MR) is 104 cm³/mol. The number of para-hydroxylation sites is 1. The third-order valence-electron chi connectivity index (χ3n) is 3.70. The van der Waals surface area contributed by atoms with E-state index in [0.29, 0.717) is 0 Å². The Hall–Kier alpha value is -2.09. The average molecular weight is 435 g/mol. The van der Waals surface area contributed by atoms with Crippen LogP contribution in [0.25, 0.3) is 0 Å². The normalized spacial score (nSPS) is 13.2. The number of halogens is 1. The summed E-state index contributed by atoms with van der Waals surface area (Å²) < 4.78 is 0.999. The molecule has 0 unspecified atom stereocenters. The Bertz CT molecular complexity index is 742. The lowest BCUT2D eigenvalue weighted by atomic mass is 10.2. The van der Waals surface area contributed by atoms with Crippen molar-refractivity contribution in [1.82, 2.24) is 0 Å². The molecular weight excluding hydrogens is 417 g/mol. The fourth-order valence-electron chi connectivity index (χ4n) is 2.20. The molecule has 0 heterocycles. The number of benzene rings is 2. The average Bonchev–Trinajstić information content (AvgIpc) is 3.41. The monoisotopic (exact) mass is 435 g/mol. The number of carbonyl (C=O) groups is 2. The van der Waals surface area contributed by atoms with Gasteiger partial charge in [0.05, 0.1) is 12.2 Å². The highest BCUT2D eigenvalue weighted by atomic mass is 127. The SMILES string of the molecule is O=C(CNc1ccc(NC(=O)C2CC2)cc1)Nc1ccccc1I. The van der Waals surface area contributed by atoms with E-state index in [0.717, 1.165) is 33.5 Å². The summed E-state index contributed by atoms with van der Waals surface area (Å²) in [7, 11) is 0. The highest BCUT2D eigenvalue weighted by molar-refractivity contribution is 14.1. The molecule has 0 aromatic heterocycles. The molecule has 24 heavy (non-hydrogen) atoms. The number of carbonyl (C=O) groups excluding carboxylic acids is 2. The minimum atomic E-state index is -0.106. The molecule has 0 radical (unpaired) electrons. The van der Waals surface area contributed by atoms with Crippen LogP contribution in [0.5, 0.6) is 0 Å². The molecule has 1 saturated carbocycles. The molecule has 124 valence electrons. The van der Waals surface area contributed by atoms with Crippen molar-refractivity contribution in [2.24, 2.45) is 5.92 Å². The number of rotatable bonds is 6. The fourth-order valence-corrected chi connectivity index (χ4v) is 2.72. The van der Waals surface area contributed by atoms with Gasteiger partial charge in [-0.2, -0.15) is 0 Å². The number of hydrogen-bond donors (Lipinski definition) is 3. The third kappa shape index (κ3) is 4.70. The van der Waals surface area contributed by atoms with E-state index in [2.05, 4.69) is 38.5 Å². The zero-order valence-corrected chi connectivity index (χ0v) is 15.2. The highest BCUT2D eigenvalue weighted by Crippen LogP contribution is 2.30. The summed E-state index contributed by atoms with van der Waals surface area (Å²) in [6.07, 6.45) is 1.97. The Morgan fingerprint density at radius 2 is 1.62 bits per heavy atom. The smallest absolute Gasteiger partial charge is 0.243 e. The lowest BCUT2D eigenvalue weighted by Crippen LogP contribution is -2.22. The first-order valence-electron chi connectivity index (χ1n) is 7.81. The summed E-state index contributed by atoms with van der Waals surface area (Å²) >= 11 is 2.19. The lowest BCUT2D eigenvalue weighted by Gasteiger charge is -2.10. The van der Waals surface area contributed by atoms with Crippen molar-refractivity contribution in [3.8, 4) is 0 Å². The Labute approximate surface area is 154 Å². The van der Waals surface area contributed by atoms with Crippen LogP contribution in [0.3, 0.4) is 0 Å². The Kier molecular flexibility index (Phi) is 5.34. The first-order chi connectivity index (χ1) is 11.6. The number of hydrogen-bond acceptors (Lipinski definition) is 3. The second-order valence-corrected chi connectivity index (χ2v) is 6.88. The Morgan fingerprint density at radius 3 is 2.29 bits per heavy atom. The van der Waals surface area contributed by atoms with Crippen molar-refractivity contribution in [1.29, 1.82) is 0 Å². The quantitative estimate of drug-likeness (QED) is 0.607. The fraction of sp³-hybridized carbons (Fsp3) is 0.222. The van der Waals surface area contributed by atoms with E-state index >= 15 is 0 Å². The van der Waals surface area contributed by atoms with Gasteiger partial charge in [-0.15, -0.1) is 0 Å². The van der Waals surface area contributed by atoms with Crippen LogP contribution in [-0.2, 0) is 9.59 Å². The number of amides is 2. The molecule has 1 fully saturated rings. The number of nitrogens with one attached hydrogen (secondary N) is 3. The largest absolute Gasteiger partial charge is 0.376 e. The first-order valence-corrected chi connectivity index (χ1v) is 8.89.